The first-order chi connectivity index (χ1) is 41.1. The second-order valence-electron chi connectivity index (χ2n) is 25.4. The molecule has 0 amide bonds. The molecule has 0 bridgehead atoms. The lowest BCUT2D eigenvalue weighted by Gasteiger charge is -2.32. The predicted octanol–water partition coefficient (Wildman–Crippen LogP) is 21.9. The Morgan fingerprint density at radius 2 is 0.867 bits per heavy atom. The van der Waals surface area contributed by atoms with Crippen molar-refractivity contribution < 1.29 is 9.47 Å². The fourth-order valence-electron chi connectivity index (χ4n) is 13.0. The highest BCUT2D eigenvalue weighted by molar-refractivity contribution is 5.70. The Labute approximate surface area is 507 Å². The van der Waals surface area contributed by atoms with E-state index in [1.807, 2.05) is 43.3 Å². The van der Waals surface area contributed by atoms with Crippen LogP contribution >= 0.6 is 0 Å². The van der Waals surface area contributed by atoms with Crippen molar-refractivity contribution in [3.63, 3.8) is 0 Å². The number of nitriles is 1. The minimum absolute atomic E-state index is 0.495. The van der Waals surface area contributed by atoms with E-state index < -0.39 is 5.79 Å². The third-order valence-corrected chi connectivity index (χ3v) is 18.2. The summed E-state index contributed by atoms with van der Waals surface area (Å²) in [7, 11) is 0. The van der Waals surface area contributed by atoms with E-state index in [1.54, 1.807) is 17.2 Å². The van der Waals surface area contributed by atoms with E-state index in [2.05, 4.69) is 43.5 Å². The van der Waals surface area contributed by atoms with Crippen molar-refractivity contribution in [3.8, 4) is 23.0 Å². The van der Waals surface area contributed by atoms with E-state index in [9.17, 15) is 5.26 Å². The molecule has 2 fully saturated rings. The average molecular weight is 1140 g/mol. The van der Waals surface area contributed by atoms with Gasteiger partial charge in [0.1, 0.15) is 18.2 Å². The third kappa shape index (κ3) is 29.6. The highest BCUT2D eigenvalue weighted by atomic mass is 16.7. The lowest BCUT2D eigenvalue weighted by molar-refractivity contribution is -0.166. The molecule has 0 unspecified atom stereocenters. The fourth-order valence-corrected chi connectivity index (χ4v) is 13.0. The van der Waals surface area contributed by atoms with Gasteiger partial charge in [0, 0.05) is 43.4 Å². The highest BCUT2D eigenvalue weighted by Gasteiger charge is 2.36. The van der Waals surface area contributed by atoms with Crippen molar-refractivity contribution in [2.24, 2.45) is 0 Å². The third-order valence-electron chi connectivity index (χ3n) is 18.2. The van der Waals surface area contributed by atoms with Crippen molar-refractivity contribution in [1.29, 1.82) is 5.26 Å². The SMILES string of the molecule is Cc1ncn(-c2ccc(Nc3nccc(-c4ccc(N5CCCCCCCCCCCCCCCCCCCCCCCCCCCCCCCCCCCCCCCCCCCCCCCCC6(CC5)OCCO6)c(C#N)c4)n3)cc2)n1. The second-order valence-corrected chi connectivity index (χ2v) is 25.4. The summed E-state index contributed by atoms with van der Waals surface area (Å²) in [6.07, 6.45) is 69.8. The number of aromatic nitrogens is 5. The first kappa shape index (κ1) is 67.8. The largest absolute Gasteiger partial charge is 0.370 e. The summed E-state index contributed by atoms with van der Waals surface area (Å²) >= 11 is 0. The number of nitrogens with one attached hydrogen (secondary N) is 1. The maximum Gasteiger partial charge on any atom is 0.227 e. The van der Waals surface area contributed by atoms with Crippen LogP contribution in [0.2, 0.25) is 0 Å². The average Bonchev–Trinajstić information content (AvgIpc) is 4.37. The van der Waals surface area contributed by atoms with Crippen molar-refractivity contribution in [1.82, 2.24) is 24.7 Å². The molecule has 10 nitrogen and oxygen atoms in total. The van der Waals surface area contributed by atoms with E-state index in [1.165, 1.54) is 283 Å². The summed E-state index contributed by atoms with van der Waals surface area (Å²) in [5.41, 5.74) is 5.09. The lowest BCUT2D eigenvalue weighted by Crippen LogP contribution is -2.37. The second kappa shape index (κ2) is 44.2. The number of ether oxygens (including phenoxy) is 2. The number of benzene rings is 2. The van der Waals surface area contributed by atoms with Crippen LogP contribution in [-0.2, 0) is 9.47 Å². The predicted molar refractivity (Wildman–Crippen MR) is 350 cm³/mol. The quantitative estimate of drug-likeness (QED) is 0.209. The molecule has 4 aromatic rings. The first-order valence-corrected chi connectivity index (χ1v) is 35.3. The molecule has 2 aliphatic heterocycles. The van der Waals surface area contributed by atoms with Crippen LogP contribution in [0.15, 0.2) is 61.1 Å². The molecule has 1 spiro atoms. The molecule has 0 aliphatic carbocycles. The van der Waals surface area contributed by atoms with Crippen molar-refractivity contribution in [2.45, 2.75) is 321 Å². The molecular weight excluding hydrogens is 1020 g/mol. The van der Waals surface area contributed by atoms with Crippen molar-refractivity contribution in [3.05, 3.63) is 72.4 Å². The minimum atomic E-state index is -0.549. The van der Waals surface area contributed by atoms with Crippen LogP contribution in [-0.4, -0.2) is 56.8 Å². The lowest BCUT2D eigenvalue weighted by atomic mass is 10.0. The van der Waals surface area contributed by atoms with Crippen LogP contribution < -0.4 is 10.2 Å². The van der Waals surface area contributed by atoms with E-state index in [-0.39, 0.29) is 0 Å². The molecule has 462 valence electrons. The van der Waals surface area contributed by atoms with Crippen molar-refractivity contribution in [2.75, 3.05) is 36.5 Å². The Morgan fingerprint density at radius 3 is 1.27 bits per heavy atom. The summed E-state index contributed by atoms with van der Waals surface area (Å²) in [6.45, 7) is 4.88. The van der Waals surface area contributed by atoms with Crippen LogP contribution in [0.5, 0.6) is 0 Å². The monoisotopic (exact) mass is 1140 g/mol. The van der Waals surface area contributed by atoms with Gasteiger partial charge in [0.15, 0.2) is 5.79 Å². The summed E-state index contributed by atoms with van der Waals surface area (Å²) in [5.74, 6) is 0.676. The normalized spacial score (nSPS) is 20.7. The zero-order valence-electron chi connectivity index (χ0n) is 53.0. The molecule has 4 heterocycles. The fraction of sp³-hybridized carbons (Fsp3) is 0.740. The molecule has 6 rings (SSSR count). The topological polar surface area (TPSA) is 114 Å². The summed E-state index contributed by atoms with van der Waals surface area (Å²) in [4.78, 5) is 16.1. The standard InChI is InChI=1S/C73H118N8O2/c1-65-76-64-81(79-65)69-51-49-68(50-52-69)77-72-75-57-54-70(78-72)66-48-53-71(67(62-66)63-74)80-58-47-45-43-41-39-37-35-33-31-29-27-25-23-21-19-17-15-13-11-9-7-5-3-2-4-6-8-10-12-14-16-18-20-22-24-26-28-30-32-34-36-38-40-42-44-46-55-73(56-59-80)82-60-61-83-73/h48-54,57,62,64H,2-47,55-56,58-61H2,1H3,(H,75,77,78). The minimum Gasteiger partial charge on any atom is -0.370 e. The van der Waals surface area contributed by atoms with Gasteiger partial charge >= 0.3 is 0 Å². The van der Waals surface area contributed by atoms with Crippen LogP contribution in [0.1, 0.15) is 320 Å². The molecule has 10 heteroatoms. The number of nitrogens with zero attached hydrogens (tertiary/aromatic N) is 7. The number of aryl methyl sites for hydroxylation is 1. The molecule has 1 N–H and O–H groups in total. The van der Waals surface area contributed by atoms with Gasteiger partial charge in [-0.1, -0.05) is 289 Å². The molecule has 2 aliphatic rings. The Morgan fingerprint density at radius 1 is 0.458 bits per heavy atom. The van der Waals surface area contributed by atoms with E-state index in [0.29, 0.717) is 24.7 Å². The molecule has 2 aromatic heterocycles. The van der Waals surface area contributed by atoms with Gasteiger partial charge < -0.3 is 19.7 Å². The smallest absolute Gasteiger partial charge is 0.227 e. The molecule has 0 atom stereocenters. The van der Waals surface area contributed by atoms with E-state index in [4.69, 9.17) is 14.5 Å². The van der Waals surface area contributed by atoms with Crippen LogP contribution in [0.3, 0.4) is 0 Å². The Bertz CT molecular complexity index is 2250. The summed E-state index contributed by atoms with van der Waals surface area (Å²) in [5, 5.41) is 18.5. The molecule has 83 heavy (non-hydrogen) atoms. The maximum absolute atomic E-state index is 10.7. The number of hydrogen-bond acceptors (Lipinski definition) is 9. The van der Waals surface area contributed by atoms with Crippen LogP contribution in [0, 0.1) is 18.3 Å². The molecule has 2 aromatic carbocycles. The molecule has 0 radical (unpaired) electrons. The van der Waals surface area contributed by atoms with Gasteiger partial charge in [-0.15, -0.1) is 0 Å². The zero-order chi connectivity index (χ0) is 57.8. The van der Waals surface area contributed by atoms with Gasteiger partial charge in [0.25, 0.3) is 0 Å². The summed E-state index contributed by atoms with van der Waals surface area (Å²) in [6, 6.07) is 18.7. The van der Waals surface area contributed by atoms with Crippen LogP contribution in [0.4, 0.5) is 17.3 Å². The van der Waals surface area contributed by atoms with Gasteiger partial charge in [-0.25, -0.2) is 19.6 Å². The Hall–Kier alpha value is -4.33. The zero-order valence-corrected chi connectivity index (χ0v) is 53.0. The van der Waals surface area contributed by atoms with E-state index in [0.717, 1.165) is 72.9 Å². The number of anilines is 3. The molecule has 0 saturated carbocycles. The van der Waals surface area contributed by atoms with Gasteiger partial charge in [-0.05, 0) is 62.2 Å². The highest BCUT2D eigenvalue weighted by Crippen LogP contribution is 2.34. The maximum atomic E-state index is 10.7. The van der Waals surface area contributed by atoms with Gasteiger partial charge in [0.05, 0.1) is 35.8 Å². The molecular formula is C73H118N8O2. The van der Waals surface area contributed by atoms with Gasteiger partial charge in [-0.3, -0.25) is 0 Å². The van der Waals surface area contributed by atoms with Gasteiger partial charge in [0.2, 0.25) is 5.95 Å². The summed E-state index contributed by atoms with van der Waals surface area (Å²) < 4.78 is 14.8. The van der Waals surface area contributed by atoms with Gasteiger partial charge in [-0.2, -0.15) is 10.4 Å². The molecule has 2 saturated heterocycles. The van der Waals surface area contributed by atoms with Crippen LogP contribution in [0.25, 0.3) is 16.9 Å². The Balaban J connectivity index is 0.946. The van der Waals surface area contributed by atoms with E-state index >= 15 is 0 Å². The number of hydrogen-bond donors (Lipinski definition) is 1. The Kier molecular flexibility index (Phi) is 36.1. The first-order valence-electron chi connectivity index (χ1n) is 35.3. The number of rotatable bonds is 5. The van der Waals surface area contributed by atoms with Crippen molar-refractivity contribution >= 4 is 17.3 Å².